The van der Waals surface area contributed by atoms with Crippen LogP contribution in [0.5, 0.6) is 0 Å². The Bertz CT molecular complexity index is 428. The predicted molar refractivity (Wildman–Crippen MR) is 56.1 cm³/mol. The summed E-state index contributed by atoms with van der Waals surface area (Å²) in [5.41, 5.74) is 0. The molecule has 3 nitrogen and oxygen atoms in total. The Morgan fingerprint density at radius 3 is 2.71 bits per heavy atom. The van der Waals surface area contributed by atoms with Crippen molar-refractivity contribution in [1.82, 2.24) is 10.4 Å². The molecule has 0 saturated heterocycles. The molecule has 0 amide bonds. The molecule has 4 heteroatoms. The molecule has 14 heavy (non-hydrogen) atoms. The van der Waals surface area contributed by atoms with E-state index in [1.807, 2.05) is 0 Å². The van der Waals surface area contributed by atoms with Crippen LogP contribution in [0.4, 0.5) is 0 Å². The molecule has 2 aromatic heterocycles. The van der Waals surface area contributed by atoms with Gasteiger partial charge < -0.3 is 4.52 Å². The van der Waals surface area contributed by atoms with Crippen LogP contribution in [0.15, 0.2) is 52.7 Å². The summed E-state index contributed by atoms with van der Waals surface area (Å²) in [5, 5.41) is 9.87. The van der Waals surface area contributed by atoms with E-state index in [0.29, 0.717) is 0 Å². The molecule has 0 spiro atoms. The van der Waals surface area contributed by atoms with Gasteiger partial charge in [0, 0.05) is 9.97 Å². The molecule has 0 aliphatic heterocycles. The smallest absolute Gasteiger partial charge is 0.144 e. The maximum absolute atomic E-state index is 4.22. The summed E-state index contributed by atoms with van der Waals surface area (Å²) in [6.07, 6.45) is 2.88. The molecule has 2 heterocycles. The van der Waals surface area contributed by atoms with Gasteiger partial charge in [-0.1, -0.05) is 18.2 Å². The Labute approximate surface area is 85.0 Å². The second-order valence-electron chi connectivity index (χ2n) is 2.55. The molecule has 0 bridgehead atoms. The van der Waals surface area contributed by atoms with E-state index in [1.165, 1.54) is 22.5 Å². The Kier molecular flexibility index (Phi) is 2.88. The summed E-state index contributed by atoms with van der Waals surface area (Å²) < 4.78 is 5.59. The first-order valence-electron chi connectivity index (χ1n) is 4.10. The SMILES string of the molecule is c1ccc2sccc2c1.c1conn1. The summed E-state index contributed by atoms with van der Waals surface area (Å²) in [5.74, 6) is 0. The molecule has 0 saturated carbocycles. The second-order valence-corrected chi connectivity index (χ2v) is 3.49. The van der Waals surface area contributed by atoms with Crippen LogP contribution in [0.2, 0.25) is 0 Å². The van der Waals surface area contributed by atoms with Crippen molar-refractivity contribution in [3.05, 3.63) is 48.2 Å². The number of aromatic nitrogens is 2. The summed E-state index contributed by atoms with van der Waals surface area (Å²) in [7, 11) is 0. The van der Waals surface area contributed by atoms with Gasteiger partial charge in [-0.25, -0.2) is 0 Å². The van der Waals surface area contributed by atoms with Crippen LogP contribution in [0.1, 0.15) is 0 Å². The fraction of sp³-hybridized carbons (Fsp3) is 0. The minimum absolute atomic E-state index is 1.35. The molecule has 0 fully saturated rings. The number of fused-ring (bicyclic) bond motifs is 1. The third kappa shape index (κ3) is 2.17. The maximum atomic E-state index is 4.22. The number of rotatable bonds is 0. The van der Waals surface area contributed by atoms with Gasteiger partial charge in [-0.3, -0.25) is 0 Å². The summed E-state index contributed by atoms with van der Waals surface area (Å²) in [6, 6.07) is 10.5. The van der Waals surface area contributed by atoms with Gasteiger partial charge in [0.15, 0.2) is 0 Å². The molecule has 3 rings (SSSR count). The molecular formula is C10H8N2OS. The van der Waals surface area contributed by atoms with Crippen molar-refractivity contribution in [2.45, 2.75) is 0 Å². The normalized spacial score (nSPS) is 9.43. The molecule has 0 aliphatic rings. The van der Waals surface area contributed by atoms with Crippen molar-refractivity contribution in [2.75, 3.05) is 0 Å². The Hall–Kier alpha value is -1.68. The average Bonchev–Trinajstić information content (AvgIpc) is 2.92. The maximum Gasteiger partial charge on any atom is 0.144 e. The molecule has 70 valence electrons. The Morgan fingerprint density at radius 2 is 2.07 bits per heavy atom. The third-order valence-electron chi connectivity index (χ3n) is 1.64. The number of benzene rings is 1. The lowest BCUT2D eigenvalue weighted by molar-refractivity contribution is 0.393. The van der Waals surface area contributed by atoms with Crippen LogP contribution >= 0.6 is 11.3 Å². The highest BCUT2D eigenvalue weighted by Gasteiger charge is 1.87. The number of thiophene rings is 1. The summed E-state index contributed by atoms with van der Waals surface area (Å²) in [6.45, 7) is 0. The first kappa shape index (κ1) is 8.90. The lowest BCUT2D eigenvalue weighted by Gasteiger charge is -1.82. The van der Waals surface area contributed by atoms with Gasteiger partial charge in [0.25, 0.3) is 0 Å². The zero-order valence-corrected chi connectivity index (χ0v) is 8.15. The monoisotopic (exact) mass is 204 g/mol. The van der Waals surface area contributed by atoms with Crippen LogP contribution in [0.3, 0.4) is 0 Å². The van der Waals surface area contributed by atoms with Crippen molar-refractivity contribution < 1.29 is 4.52 Å². The van der Waals surface area contributed by atoms with E-state index in [0.717, 1.165) is 0 Å². The summed E-state index contributed by atoms with van der Waals surface area (Å²) >= 11 is 1.79. The molecule has 0 aliphatic carbocycles. The van der Waals surface area contributed by atoms with Gasteiger partial charge >= 0.3 is 0 Å². The third-order valence-corrected chi connectivity index (χ3v) is 2.54. The van der Waals surface area contributed by atoms with Crippen LogP contribution in [0, 0.1) is 0 Å². The molecule has 0 atom stereocenters. The zero-order chi connectivity index (χ0) is 9.64. The van der Waals surface area contributed by atoms with E-state index >= 15 is 0 Å². The van der Waals surface area contributed by atoms with E-state index in [1.54, 1.807) is 11.3 Å². The topological polar surface area (TPSA) is 38.9 Å². The van der Waals surface area contributed by atoms with E-state index in [-0.39, 0.29) is 0 Å². The van der Waals surface area contributed by atoms with Crippen LogP contribution in [0.25, 0.3) is 10.1 Å². The molecule has 0 radical (unpaired) electrons. The predicted octanol–water partition coefficient (Wildman–Crippen LogP) is 2.97. The van der Waals surface area contributed by atoms with Gasteiger partial charge in [0.05, 0.1) is 6.20 Å². The first-order chi connectivity index (χ1) is 6.97. The lowest BCUT2D eigenvalue weighted by atomic mass is 10.3. The fourth-order valence-electron chi connectivity index (χ4n) is 1.04. The van der Waals surface area contributed by atoms with Gasteiger partial charge in [0.2, 0.25) is 0 Å². The number of hydrogen-bond donors (Lipinski definition) is 0. The molecule has 0 N–H and O–H groups in total. The minimum Gasteiger partial charge on any atom is -0.346 e. The standard InChI is InChI=1S/C8H6S.C2H2N2O/c1-2-4-8-7(3-1)5-6-9-8;1-2-5-4-3-1/h1-6H;1-2H. The van der Waals surface area contributed by atoms with Gasteiger partial charge in [-0.05, 0) is 22.9 Å². The van der Waals surface area contributed by atoms with Crippen molar-refractivity contribution >= 4 is 21.4 Å². The summed E-state index contributed by atoms with van der Waals surface area (Å²) in [4.78, 5) is 0. The van der Waals surface area contributed by atoms with Gasteiger partial charge in [0.1, 0.15) is 6.26 Å². The van der Waals surface area contributed by atoms with Crippen LogP contribution in [-0.2, 0) is 0 Å². The molecule has 1 aromatic carbocycles. The van der Waals surface area contributed by atoms with Gasteiger partial charge in [-0.2, -0.15) is 0 Å². The minimum atomic E-state index is 1.35. The lowest BCUT2D eigenvalue weighted by Crippen LogP contribution is -1.56. The fourth-order valence-corrected chi connectivity index (χ4v) is 1.83. The quantitative estimate of drug-likeness (QED) is 0.565. The highest BCUT2D eigenvalue weighted by Crippen LogP contribution is 2.18. The van der Waals surface area contributed by atoms with E-state index in [9.17, 15) is 0 Å². The highest BCUT2D eigenvalue weighted by atomic mass is 32.1. The van der Waals surface area contributed by atoms with Crippen molar-refractivity contribution in [3.8, 4) is 0 Å². The van der Waals surface area contributed by atoms with Crippen LogP contribution in [-0.4, -0.2) is 10.4 Å². The zero-order valence-electron chi connectivity index (χ0n) is 7.33. The number of hydrogen-bond acceptors (Lipinski definition) is 4. The van der Waals surface area contributed by atoms with E-state index < -0.39 is 0 Å². The largest absolute Gasteiger partial charge is 0.346 e. The van der Waals surface area contributed by atoms with Gasteiger partial charge in [-0.15, -0.1) is 16.4 Å². The highest BCUT2D eigenvalue weighted by molar-refractivity contribution is 7.17. The molecule has 0 unspecified atom stereocenters. The first-order valence-corrected chi connectivity index (χ1v) is 4.98. The Balaban J connectivity index is 0.000000128. The van der Waals surface area contributed by atoms with E-state index in [4.69, 9.17) is 0 Å². The average molecular weight is 204 g/mol. The van der Waals surface area contributed by atoms with E-state index in [2.05, 4.69) is 50.6 Å². The molecular weight excluding hydrogens is 196 g/mol. The van der Waals surface area contributed by atoms with Crippen LogP contribution < -0.4 is 0 Å². The van der Waals surface area contributed by atoms with Crippen molar-refractivity contribution in [3.63, 3.8) is 0 Å². The second kappa shape index (κ2) is 4.53. The van der Waals surface area contributed by atoms with Crippen molar-refractivity contribution in [2.24, 2.45) is 0 Å². The van der Waals surface area contributed by atoms with Crippen molar-refractivity contribution in [1.29, 1.82) is 0 Å². The molecule has 3 aromatic rings. The number of nitrogens with zero attached hydrogens (tertiary/aromatic N) is 2. The Morgan fingerprint density at radius 1 is 1.14 bits per heavy atom.